The van der Waals surface area contributed by atoms with Crippen molar-refractivity contribution in [2.75, 3.05) is 17.7 Å². The van der Waals surface area contributed by atoms with Crippen LogP contribution in [0, 0.1) is 25.2 Å². The highest BCUT2D eigenvalue weighted by Gasteiger charge is 2.17. The van der Waals surface area contributed by atoms with Crippen molar-refractivity contribution in [3.05, 3.63) is 51.7 Å². The van der Waals surface area contributed by atoms with Crippen molar-refractivity contribution in [2.45, 2.75) is 25.8 Å². The zero-order chi connectivity index (χ0) is 20.0. The number of rotatable bonds is 6. The highest BCUT2D eigenvalue weighted by Crippen LogP contribution is 2.24. The monoisotopic (exact) mass is 403 g/mol. The van der Waals surface area contributed by atoms with Gasteiger partial charge in [0.2, 0.25) is 5.91 Å². The number of amides is 1. The summed E-state index contributed by atoms with van der Waals surface area (Å²) < 4.78 is 4.96. The molecule has 27 heavy (non-hydrogen) atoms. The van der Waals surface area contributed by atoms with E-state index < -0.39 is 5.97 Å². The Morgan fingerprint density at radius 3 is 2.70 bits per heavy atom. The number of esters is 1. The number of halogens is 1. The number of nitrogens with one attached hydrogen (secondary N) is 1. The molecule has 140 valence electrons. The Balaban J connectivity index is 2.10. The van der Waals surface area contributed by atoms with E-state index in [1.165, 1.54) is 6.07 Å². The van der Waals surface area contributed by atoms with Crippen molar-refractivity contribution in [3.63, 3.8) is 0 Å². The molecular formula is C19H18ClN3O3S. The van der Waals surface area contributed by atoms with Crippen molar-refractivity contribution >= 4 is 40.9 Å². The lowest BCUT2D eigenvalue weighted by Crippen LogP contribution is -2.15. The maximum atomic E-state index is 12.2. The van der Waals surface area contributed by atoms with E-state index in [0.717, 1.165) is 17.3 Å². The second kappa shape index (κ2) is 9.40. The maximum absolute atomic E-state index is 12.2. The fourth-order valence-corrected chi connectivity index (χ4v) is 3.30. The Morgan fingerprint density at radius 2 is 2.07 bits per heavy atom. The minimum absolute atomic E-state index is 0.0714. The quantitative estimate of drug-likeness (QED) is 0.575. The Hall–Kier alpha value is -2.56. The largest absolute Gasteiger partial charge is 0.462 e. The zero-order valence-electron chi connectivity index (χ0n) is 15.1. The molecule has 1 heterocycles. The number of benzene rings is 1. The van der Waals surface area contributed by atoms with E-state index in [0.29, 0.717) is 21.4 Å². The van der Waals surface area contributed by atoms with Crippen LogP contribution in [0.4, 0.5) is 5.69 Å². The van der Waals surface area contributed by atoms with Crippen LogP contribution in [0.25, 0.3) is 0 Å². The minimum atomic E-state index is -0.522. The Labute approximate surface area is 166 Å². The molecule has 0 radical (unpaired) electrons. The van der Waals surface area contributed by atoms with E-state index in [4.69, 9.17) is 16.3 Å². The normalized spacial score (nSPS) is 10.2. The summed E-state index contributed by atoms with van der Waals surface area (Å²) in [6.45, 7) is 5.45. The lowest BCUT2D eigenvalue weighted by Gasteiger charge is -2.10. The number of anilines is 1. The average molecular weight is 404 g/mol. The predicted octanol–water partition coefficient (Wildman–Crippen LogP) is 4.13. The molecule has 0 saturated carbocycles. The van der Waals surface area contributed by atoms with Gasteiger partial charge >= 0.3 is 5.97 Å². The van der Waals surface area contributed by atoms with E-state index >= 15 is 0 Å². The molecule has 1 aromatic carbocycles. The SMILES string of the molecule is CCOC(=O)c1cc(C#N)c(SCC(=O)Nc2ccc(Cl)cc2C)nc1C. The Morgan fingerprint density at radius 1 is 1.33 bits per heavy atom. The number of pyridine rings is 1. The molecule has 0 bridgehead atoms. The molecular weight excluding hydrogens is 386 g/mol. The first-order chi connectivity index (χ1) is 12.8. The third-order valence-corrected chi connectivity index (χ3v) is 4.82. The van der Waals surface area contributed by atoms with Crippen molar-refractivity contribution < 1.29 is 14.3 Å². The zero-order valence-corrected chi connectivity index (χ0v) is 16.7. The van der Waals surface area contributed by atoms with Gasteiger partial charge < -0.3 is 10.1 Å². The lowest BCUT2D eigenvalue weighted by molar-refractivity contribution is -0.113. The van der Waals surface area contributed by atoms with Gasteiger partial charge in [-0.15, -0.1) is 0 Å². The van der Waals surface area contributed by atoms with Gasteiger partial charge in [0.15, 0.2) is 0 Å². The summed E-state index contributed by atoms with van der Waals surface area (Å²) in [6, 6.07) is 8.65. The number of aromatic nitrogens is 1. The lowest BCUT2D eigenvalue weighted by atomic mass is 10.1. The molecule has 1 N–H and O–H groups in total. The number of nitriles is 1. The molecule has 1 amide bonds. The predicted molar refractivity (Wildman–Crippen MR) is 105 cm³/mol. The molecule has 0 aliphatic carbocycles. The highest BCUT2D eigenvalue weighted by atomic mass is 35.5. The molecule has 1 aromatic heterocycles. The van der Waals surface area contributed by atoms with Gasteiger partial charge in [-0.3, -0.25) is 4.79 Å². The summed E-state index contributed by atoms with van der Waals surface area (Å²) in [5.74, 6) is -0.684. The molecule has 2 rings (SSSR count). The number of thioether (sulfide) groups is 1. The van der Waals surface area contributed by atoms with Gasteiger partial charge in [0, 0.05) is 10.7 Å². The second-order valence-corrected chi connectivity index (χ2v) is 7.00. The second-order valence-electron chi connectivity index (χ2n) is 5.60. The van der Waals surface area contributed by atoms with E-state index in [1.54, 1.807) is 32.0 Å². The number of ether oxygens (including phenoxy) is 1. The van der Waals surface area contributed by atoms with Gasteiger partial charge in [0.25, 0.3) is 0 Å². The first-order valence-electron chi connectivity index (χ1n) is 8.13. The van der Waals surface area contributed by atoms with Gasteiger partial charge in [0.1, 0.15) is 11.1 Å². The smallest absolute Gasteiger partial charge is 0.340 e. The first-order valence-corrected chi connectivity index (χ1v) is 9.49. The van der Waals surface area contributed by atoms with Crippen molar-refractivity contribution in [2.24, 2.45) is 0 Å². The Bertz CT molecular complexity index is 925. The van der Waals surface area contributed by atoms with Gasteiger partial charge in [-0.05, 0) is 50.6 Å². The van der Waals surface area contributed by atoms with Gasteiger partial charge in [0.05, 0.1) is 29.2 Å². The molecule has 0 spiro atoms. The Kier molecular flexibility index (Phi) is 7.22. The van der Waals surface area contributed by atoms with Crippen LogP contribution in [0.15, 0.2) is 29.3 Å². The maximum Gasteiger partial charge on any atom is 0.340 e. The number of hydrogen-bond donors (Lipinski definition) is 1. The van der Waals surface area contributed by atoms with Crippen LogP contribution in [-0.2, 0) is 9.53 Å². The number of carbonyl (C=O) groups is 2. The standard InChI is InChI=1S/C19H18ClN3O3S/c1-4-26-19(25)15-8-13(9-21)18(22-12(15)3)27-10-17(24)23-16-6-5-14(20)7-11(16)2/h5-8H,4,10H2,1-3H3,(H,23,24). The number of aryl methyl sites for hydroxylation is 2. The summed E-state index contributed by atoms with van der Waals surface area (Å²) in [7, 11) is 0. The number of carbonyl (C=O) groups excluding carboxylic acids is 2. The van der Waals surface area contributed by atoms with Crippen LogP contribution in [0.1, 0.15) is 34.1 Å². The molecule has 8 heteroatoms. The summed E-state index contributed by atoms with van der Waals surface area (Å²) in [5, 5.41) is 13.1. The third kappa shape index (κ3) is 5.46. The molecule has 6 nitrogen and oxygen atoms in total. The topological polar surface area (TPSA) is 92.1 Å². The molecule has 0 fully saturated rings. The summed E-state index contributed by atoms with van der Waals surface area (Å²) >= 11 is 7.04. The molecule has 0 aliphatic rings. The van der Waals surface area contributed by atoms with Crippen LogP contribution in [0.2, 0.25) is 5.02 Å². The molecule has 0 atom stereocenters. The molecule has 0 aliphatic heterocycles. The average Bonchev–Trinajstić information content (AvgIpc) is 2.62. The number of hydrogen-bond acceptors (Lipinski definition) is 6. The van der Waals surface area contributed by atoms with Gasteiger partial charge in [-0.2, -0.15) is 5.26 Å². The van der Waals surface area contributed by atoms with Crippen LogP contribution in [-0.4, -0.2) is 29.2 Å². The van der Waals surface area contributed by atoms with Crippen LogP contribution >= 0.6 is 23.4 Å². The van der Waals surface area contributed by atoms with E-state index in [-0.39, 0.29) is 29.4 Å². The van der Waals surface area contributed by atoms with Crippen LogP contribution in [0.5, 0.6) is 0 Å². The van der Waals surface area contributed by atoms with Crippen LogP contribution < -0.4 is 5.32 Å². The minimum Gasteiger partial charge on any atom is -0.462 e. The first kappa shape index (κ1) is 20.7. The fraction of sp³-hybridized carbons (Fsp3) is 0.263. The molecule has 0 saturated heterocycles. The third-order valence-electron chi connectivity index (χ3n) is 3.60. The van der Waals surface area contributed by atoms with E-state index in [9.17, 15) is 14.9 Å². The van der Waals surface area contributed by atoms with E-state index in [1.807, 2.05) is 13.0 Å². The van der Waals surface area contributed by atoms with Crippen molar-refractivity contribution in [1.29, 1.82) is 5.26 Å². The highest BCUT2D eigenvalue weighted by molar-refractivity contribution is 8.00. The molecule has 2 aromatic rings. The van der Waals surface area contributed by atoms with E-state index in [2.05, 4.69) is 10.3 Å². The summed E-state index contributed by atoms with van der Waals surface area (Å²) in [5.41, 5.74) is 2.45. The van der Waals surface area contributed by atoms with Gasteiger partial charge in [-0.25, -0.2) is 9.78 Å². The summed E-state index contributed by atoms with van der Waals surface area (Å²) in [4.78, 5) is 28.4. The van der Waals surface area contributed by atoms with Crippen LogP contribution in [0.3, 0.4) is 0 Å². The van der Waals surface area contributed by atoms with Crippen molar-refractivity contribution in [1.82, 2.24) is 4.98 Å². The van der Waals surface area contributed by atoms with Crippen molar-refractivity contribution in [3.8, 4) is 6.07 Å². The molecule has 0 unspecified atom stereocenters. The summed E-state index contributed by atoms with van der Waals surface area (Å²) in [6.07, 6.45) is 0. The van der Waals surface area contributed by atoms with Gasteiger partial charge in [-0.1, -0.05) is 23.4 Å². The fourth-order valence-electron chi connectivity index (χ4n) is 2.28. The number of nitrogens with zero attached hydrogens (tertiary/aromatic N) is 2.